The maximum Gasteiger partial charge on any atom is 0.338 e. The molecule has 7 aliphatic rings. The largest absolute Gasteiger partial charge is 0.493 e. The molecule has 1 saturated carbocycles. The van der Waals surface area contributed by atoms with E-state index in [-0.39, 0.29) is 16.7 Å². The number of sulfone groups is 1. The number of rotatable bonds is 5. The molecule has 11 heteroatoms. The fourth-order valence-corrected chi connectivity index (χ4v) is 12.7. The lowest BCUT2D eigenvalue weighted by atomic mass is 9.37. The van der Waals surface area contributed by atoms with Crippen LogP contribution in [-0.2, 0) is 40.7 Å². The van der Waals surface area contributed by atoms with Gasteiger partial charge in [0.15, 0.2) is 21.3 Å². The number of likely N-dealkylation sites (N-methyl/N-ethyl adjacent to an activating group) is 1. The molecule has 216 valence electrons. The van der Waals surface area contributed by atoms with E-state index in [4.69, 9.17) is 18.4 Å². The van der Waals surface area contributed by atoms with Gasteiger partial charge in [-0.1, -0.05) is 35.9 Å². The van der Waals surface area contributed by atoms with Gasteiger partial charge in [-0.15, -0.1) is 0 Å². The highest BCUT2D eigenvalue weighted by molar-refractivity contribution is 7.95. The molecule has 0 N–H and O–H groups in total. The first-order chi connectivity index (χ1) is 19.5. The molecule has 0 radical (unpaired) electrons. The molecular formula is C30H31NO8S2. The van der Waals surface area contributed by atoms with E-state index in [1.165, 1.54) is 19.2 Å². The molecule has 2 spiro atoms. The maximum atomic E-state index is 14.3. The molecule has 1 saturated heterocycles. The maximum absolute atomic E-state index is 14.3. The molecule has 0 unspecified atom stereocenters. The third kappa shape index (κ3) is 2.75. The van der Waals surface area contributed by atoms with Crippen molar-refractivity contribution in [2.24, 2.45) is 11.3 Å². The monoisotopic (exact) mass is 597 g/mol. The summed E-state index contributed by atoms with van der Waals surface area (Å²) >= 11 is 0. The molecule has 3 aliphatic heterocycles. The van der Waals surface area contributed by atoms with Crippen LogP contribution in [0.3, 0.4) is 0 Å². The number of methoxy groups -OCH3 is 2. The van der Waals surface area contributed by atoms with Gasteiger partial charge in [0.1, 0.15) is 22.4 Å². The molecule has 2 aromatic rings. The first-order valence-corrected chi connectivity index (χ1v) is 16.8. The van der Waals surface area contributed by atoms with E-state index in [1.54, 1.807) is 19.2 Å². The summed E-state index contributed by atoms with van der Waals surface area (Å²) in [4.78, 5) is 2.20. The lowest BCUT2D eigenvalue weighted by Gasteiger charge is -2.72. The summed E-state index contributed by atoms with van der Waals surface area (Å²) in [5, 5.41) is 0.0347. The minimum Gasteiger partial charge on any atom is -0.493 e. The van der Waals surface area contributed by atoms with Crippen LogP contribution in [0.25, 0.3) is 0 Å². The second-order valence-corrected chi connectivity index (χ2v) is 15.7. The summed E-state index contributed by atoms with van der Waals surface area (Å²) in [7, 11) is -3.16. The molecular weight excluding hydrogens is 566 g/mol. The Hall–Kier alpha value is -2.86. The van der Waals surface area contributed by atoms with Crippen LogP contribution in [0.15, 0.2) is 64.6 Å². The Morgan fingerprint density at radius 2 is 1.83 bits per heavy atom. The average Bonchev–Trinajstić information content (AvgIpc) is 3.44. The molecule has 4 bridgehead atoms. The van der Waals surface area contributed by atoms with E-state index in [2.05, 4.69) is 17.0 Å². The van der Waals surface area contributed by atoms with Crippen molar-refractivity contribution in [3.63, 3.8) is 0 Å². The molecule has 41 heavy (non-hydrogen) atoms. The Labute approximate surface area is 239 Å². The smallest absolute Gasteiger partial charge is 0.338 e. The Bertz CT molecular complexity index is 1800. The van der Waals surface area contributed by atoms with Gasteiger partial charge < -0.3 is 23.3 Å². The Kier molecular flexibility index (Phi) is 4.88. The highest BCUT2D eigenvalue weighted by Crippen LogP contribution is 2.77. The first kappa shape index (κ1) is 25.8. The summed E-state index contributed by atoms with van der Waals surface area (Å²) < 4.78 is 80.4. The zero-order valence-electron chi connectivity index (χ0n) is 23.2. The number of likely N-dealkylation sites (tertiary alicyclic amines) is 1. The second-order valence-electron chi connectivity index (χ2n) is 12.2. The fraction of sp³-hybridized carbons (Fsp3) is 0.467. The van der Waals surface area contributed by atoms with Crippen LogP contribution in [-0.4, -0.2) is 72.5 Å². The van der Waals surface area contributed by atoms with Crippen LogP contribution >= 0.6 is 0 Å². The van der Waals surface area contributed by atoms with Crippen molar-refractivity contribution in [1.29, 1.82) is 0 Å². The van der Waals surface area contributed by atoms with E-state index in [1.807, 2.05) is 26.1 Å². The number of piperidine rings is 1. The summed E-state index contributed by atoms with van der Waals surface area (Å²) in [5.41, 5.74) is 0.103. The third-order valence-electron chi connectivity index (χ3n) is 10.8. The van der Waals surface area contributed by atoms with E-state index in [0.29, 0.717) is 24.3 Å². The molecule has 2 aromatic carbocycles. The molecule has 2 fully saturated rings. The zero-order valence-corrected chi connectivity index (χ0v) is 24.8. The predicted molar refractivity (Wildman–Crippen MR) is 149 cm³/mol. The number of nitrogens with zero attached hydrogens (tertiary/aromatic N) is 1. The van der Waals surface area contributed by atoms with Crippen molar-refractivity contribution in [3.05, 3.63) is 76.4 Å². The lowest BCUT2D eigenvalue weighted by molar-refractivity contribution is -0.206. The fourth-order valence-electron chi connectivity index (χ4n) is 9.32. The topological polar surface area (TPSA) is 108 Å². The van der Waals surface area contributed by atoms with Crippen molar-refractivity contribution in [1.82, 2.24) is 4.90 Å². The van der Waals surface area contributed by atoms with Crippen molar-refractivity contribution in [2.75, 3.05) is 27.8 Å². The quantitative estimate of drug-likeness (QED) is 0.380. The summed E-state index contributed by atoms with van der Waals surface area (Å²) in [5.74, 6) is 0.155. The molecule has 3 heterocycles. The Morgan fingerprint density at radius 1 is 1.07 bits per heavy atom. The summed E-state index contributed by atoms with van der Waals surface area (Å²) in [6.07, 6.45) is 4.64. The van der Waals surface area contributed by atoms with Gasteiger partial charge >= 0.3 is 10.1 Å². The second kappa shape index (κ2) is 7.75. The van der Waals surface area contributed by atoms with Crippen LogP contribution in [0, 0.1) is 18.3 Å². The Morgan fingerprint density at radius 3 is 2.54 bits per heavy atom. The number of hydrogen-bond acceptors (Lipinski definition) is 9. The molecule has 7 atom stereocenters. The van der Waals surface area contributed by atoms with Gasteiger partial charge in [-0.25, -0.2) is 8.42 Å². The van der Waals surface area contributed by atoms with Crippen molar-refractivity contribution < 1.29 is 35.2 Å². The van der Waals surface area contributed by atoms with Gasteiger partial charge in [0.05, 0.1) is 29.1 Å². The van der Waals surface area contributed by atoms with Crippen molar-refractivity contribution >= 4 is 20.0 Å². The number of ether oxygens (including phenoxy) is 3. The van der Waals surface area contributed by atoms with Gasteiger partial charge in [0.25, 0.3) is 0 Å². The van der Waals surface area contributed by atoms with Crippen molar-refractivity contribution in [2.45, 2.75) is 53.1 Å². The predicted octanol–water partition coefficient (Wildman–Crippen LogP) is 2.88. The number of benzene rings is 2. The van der Waals surface area contributed by atoms with Gasteiger partial charge in [-0.2, -0.15) is 8.42 Å². The van der Waals surface area contributed by atoms with Gasteiger partial charge in [-0.3, -0.25) is 0 Å². The van der Waals surface area contributed by atoms with Gasteiger partial charge in [0, 0.05) is 24.1 Å². The zero-order chi connectivity index (χ0) is 28.7. The van der Waals surface area contributed by atoms with Gasteiger partial charge in [0.2, 0.25) is 0 Å². The highest BCUT2D eigenvalue weighted by atomic mass is 32.2. The van der Waals surface area contributed by atoms with Crippen LogP contribution in [0.2, 0.25) is 0 Å². The molecule has 0 amide bonds. The number of aryl methyl sites for hydroxylation is 1. The van der Waals surface area contributed by atoms with E-state index < -0.39 is 53.7 Å². The van der Waals surface area contributed by atoms with Crippen LogP contribution < -0.4 is 9.47 Å². The normalized spacial score (nSPS) is 38.6. The third-order valence-corrected chi connectivity index (χ3v) is 14.0. The van der Waals surface area contributed by atoms with E-state index in [0.717, 1.165) is 28.6 Å². The molecule has 4 aliphatic carbocycles. The first-order valence-electron chi connectivity index (χ1n) is 13.8. The van der Waals surface area contributed by atoms with Crippen LogP contribution in [0.4, 0.5) is 0 Å². The average molecular weight is 598 g/mol. The summed E-state index contributed by atoms with van der Waals surface area (Å²) in [6.45, 7) is 2.61. The highest BCUT2D eigenvalue weighted by Gasteiger charge is 2.85. The van der Waals surface area contributed by atoms with Crippen molar-refractivity contribution in [3.8, 4) is 11.5 Å². The Balaban J connectivity index is 1.37. The summed E-state index contributed by atoms with van der Waals surface area (Å²) in [6, 6.07) is 10.1. The standard InChI is InChI=1S/C30H31NO8S2/c1-17-5-8-19(9-6-17)41(34,35)39-21-16-40(32,33)26-24(21)30(37-4)12-11-28(26)22-15-18-7-10-20(36-3)25-23(18)29(28,27(30)38-25)13-14-31(22)2/h5-12,16,22,24,26-27H,13-15H2,1-4H3/t22-,24+,26-,27+,28+,29-,30-/m0/s1. The van der Waals surface area contributed by atoms with E-state index in [9.17, 15) is 16.8 Å². The van der Waals surface area contributed by atoms with Crippen LogP contribution in [0.5, 0.6) is 11.5 Å². The van der Waals surface area contributed by atoms with Gasteiger partial charge in [-0.05, 0) is 57.1 Å². The SMILES string of the molecule is COc1ccc2c3c1O[C@H]1[C@]4(OC)C=C[C@@]5([C@H](C2)N(C)CC[C@]315)[C@@H]1[C@H]4C(OS(=O)(=O)c2ccc(C)cc2)=CS1(=O)=O. The number of hydrogen-bond donors (Lipinski definition) is 0. The minimum atomic E-state index is -4.33. The van der Waals surface area contributed by atoms with E-state index >= 15 is 0 Å². The minimum absolute atomic E-state index is 0.0457. The lowest BCUT2D eigenvalue weighted by Crippen LogP contribution is -2.83. The van der Waals surface area contributed by atoms with Crippen LogP contribution in [0.1, 0.15) is 23.1 Å². The molecule has 9 rings (SSSR count). The molecule has 9 nitrogen and oxygen atoms in total. The molecule has 0 aromatic heterocycles.